The van der Waals surface area contributed by atoms with Gasteiger partial charge in [0, 0.05) is 28.4 Å². The number of amides is 2. The number of piperidine rings is 1. The van der Waals surface area contributed by atoms with E-state index in [0.717, 1.165) is 49.7 Å². The number of Topliss-reactive ketones (excluding diaryl/α,β-unsaturated/α-hetero) is 2. The number of ketones is 2. The highest BCUT2D eigenvalue weighted by molar-refractivity contribution is 8.04. The first-order valence-electron chi connectivity index (χ1n) is 12.0. The summed E-state index contributed by atoms with van der Waals surface area (Å²) in [7, 11) is 0. The van der Waals surface area contributed by atoms with E-state index >= 15 is 0 Å². The molecular weight excluding hydrogens is 498 g/mol. The third-order valence-corrected chi connectivity index (χ3v) is 8.37. The lowest BCUT2D eigenvalue weighted by atomic mass is 9.79. The first-order valence-corrected chi connectivity index (χ1v) is 13.4. The van der Waals surface area contributed by atoms with E-state index in [2.05, 4.69) is 15.5 Å². The molecule has 2 amide bonds. The zero-order chi connectivity index (χ0) is 25.3. The Morgan fingerprint density at radius 2 is 1.61 bits per heavy atom. The Bertz CT molecular complexity index is 1270. The first-order chi connectivity index (χ1) is 17.4. The van der Waals surface area contributed by atoms with Crippen LogP contribution in [0.4, 0.5) is 0 Å². The third kappa shape index (κ3) is 4.61. The molecule has 5 rings (SSSR count). The normalized spacial score (nSPS) is 21.7. The second kappa shape index (κ2) is 10.2. The summed E-state index contributed by atoms with van der Waals surface area (Å²) in [5.74, 6) is -1.47. The van der Waals surface area contributed by atoms with Gasteiger partial charge in [-0.05, 0) is 43.6 Å². The van der Waals surface area contributed by atoms with E-state index in [1.54, 1.807) is 48.5 Å². The van der Waals surface area contributed by atoms with E-state index < -0.39 is 17.2 Å². The number of likely N-dealkylation sites (tertiary alicyclic amines) is 1. The molecule has 1 unspecified atom stereocenters. The van der Waals surface area contributed by atoms with Gasteiger partial charge in [0.2, 0.25) is 11.7 Å². The molecule has 2 aromatic carbocycles. The lowest BCUT2D eigenvalue weighted by Gasteiger charge is -2.33. The topological polar surface area (TPSA) is 95.6 Å². The summed E-state index contributed by atoms with van der Waals surface area (Å²) < 4.78 is 0. The minimum absolute atomic E-state index is 0.0665. The number of thioether (sulfide) groups is 1. The number of fused-ring (bicyclic) bond motifs is 1. The maximum Gasteiger partial charge on any atom is 0.251 e. The van der Waals surface area contributed by atoms with Crippen LogP contribution in [0.3, 0.4) is 0 Å². The zero-order valence-electron chi connectivity index (χ0n) is 19.6. The molecule has 0 spiro atoms. The Hall–Kier alpha value is -2.94. The number of benzene rings is 2. The summed E-state index contributed by atoms with van der Waals surface area (Å²) in [6.45, 7) is 1.96. The fraction of sp³-hybridized carbons (Fsp3) is 0.333. The van der Waals surface area contributed by atoms with E-state index in [0.29, 0.717) is 10.6 Å². The Morgan fingerprint density at radius 3 is 2.31 bits per heavy atom. The van der Waals surface area contributed by atoms with Crippen LogP contribution in [-0.4, -0.2) is 59.2 Å². The van der Waals surface area contributed by atoms with Crippen LogP contribution in [0, 0.1) is 0 Å². The number of hydrogen-bond donors (Lipinski definition) is 2. The SMILES string of the molecule is O=C(CN1CCCCC1)NC1(C(=O)NCc2ccc(Cl)cc2)CSC2=C1C(=O)c1ccccc1C2=O. The average molecular weight is 524 g/mol. The molecule has 1 aliphatic carbocycles. The average Bonchev–Trinajstić information content (AvgIpc) is 3.28. The van der Waals surface area contributed by atoms with Gasteiger partial charge in [-0.3, -0.25) is 24.1 Å². The maximum atomic E-state index is 13.8. The van der Waals surface area contributed by atoms with Crippen molar-refractivity contribution in [1.29, 1.82) is 0 Å². The number of hydrogen-bond acceptors (Lipinski definition) is 6. The molecule has 2 heterocycles. The molecule has 7 nitrogen and oxygen atoms in total. The maximum absolute atomic E-state index is 13.8. The van der Waals surface area contributed by atoms with Gasteiger partial charge in [-0.1, -0.05) is 54.4 Å². The van der Waals surface area contributed by atoms with Gasteiger partial charge in [0.25, 0.3) is 5.91 Å². The van der Waals surface area contributed by atoms with Crippen LogP contribution < -0.4 is 10.6 Å². The van der Waals surface area contributed by atoms with Crippen LogP contribution >= 0.6 is 23.4 Å². The third-order valence-electron chi connectivity index (χ3n) is 6.86. The largest absolute Gasteiger partial charge is 0.350 e. The van der Waals surface area contributed by atoms with Gasteiger partial charge in [-0.15, -0.1) is 11.8 Å². The summed E-state index contributed by atoms with van der Waals surface area (Å²) in [5.41, 5.74) is -0.176. The molecule has 1 atom stereocenters. The van der Waals surface area contributed by atoms with Crippen molar-refractivity contribution in [3.05, 3.63) is 80.7 Å². The van der Waals surface area contributed by atoms with Crippen LogP contribution in [0.5, 0.6) is 0 Å². The highest BCUT2D eigenvalue weighted by atomic mass is 35.5. The second-order valence-electron chi connectivity index (χ2n) is 9.30. The van der Waals surface area contributed by atoms with E-state index in [4.69, 9.17) is 11.6 Å². The van der Waals surface area contributed by atoms with Gasteiger partial charge in [0.05, 0.1) is 17.0 Å². The van der Waals surface area contributed by atoms with Crippen LogP contribution in [0.1, 0.15) is 45.5 Å². The molecular formula is C27H26ClN3O4S. The molecule has 36 heavy (non-hydrogen) atoms. The van der Waals surface area contributed by atoms with Gasteiger partial charge in [0.15, 0.2) is 11.3 Å². The lowest BCUT2D eigenvalue weighted by Crippen LogP contribution is -2.63. The molecule has 1 fully saturated rings. The summed E-state index contributed by atoms with van der Waals surface area (Å²) >= 11 is 7.12. The van der Waals surface area contributed by atoms with E-state index in [9.17, 15) is 19.2 Å². The highest BCUT2D eigenvalue weighted by Crippen LogP contribution is 2.45. The molecule has 0 saturated carbocycles. The summed E-state index contributed by atoms with van der Waals surface area (Å²) in [5, 5.41) is 6.36. The van der Waals surface area contributed by atoms with Crippen LogP contribution in [0.25, 0.3) is 0 Å². The van der Waals surface area contributed by atoms with Crippen molar-refractivity contribution < 1.29 is 19.2 Å². The van der Waals surface area contributed by atoms with Crippen LogP contribution in [0.15, 0.2) is 59.0 Å². The molecule has 2 aromatic rings. The number of carbonyl (C=O) groups excluding carboxylic acids is 4. The van der Waals surface area contributed by atoms with Crippen LogP contribution in [-0.2, 0) is 16.1 Å². The molecule has 0 radical (unpaired) electrons. The van der Waals surface area contributed by atoms with Gasteiger partial charge in [-0.25, -0.2) is 0 Å². The van der Waals surface area contributed by atoms with Crippen LogP contribution in [0.2, 0.25) is 5.02 Å². The number of halogens is 1. The minimum Gasteiger partial charge on any atom is -0.350 e. The monoisotopic (exact) mass is 523 g/mol. The van der Waals surface area contributed by atoms with Crippen molar-refractivity contribution in [2.75, 3.05) is 25.4 Å². The van der Waals surface area contributed by atoms with Crippen molar-refractivity contribution >= 4 is 46.7 Å². The first kappa shape index (κ1) is 24.7. The highest BCUT2D eigenvalue weighted by Gasteiger charge is 2.55. The fourth-order valence-electron chi connectivity index (χ4n) is 5.00. The molecule has 1 saturated heterocycles. The Labute approximate surface area is 218 Å². The molecule has 2 aliphatic heterocycles. The Kier molecular flexibility index (Phi) is 7.01. The van der Waals surface area contributed by atoms with Crippen molar-refractivity contribution in [2.24, 2.45) is 0 Å². The minimum atomic E-state index is -1.64. The summed E-state index contributed by atoms with van der Waals surface area (Å²) in [6, 6.07) is 13.7. The van der Waals surface area contributed by atoms with Crippen molar-refractivity contribution in [3.8, 4) is 0 Å². The zero-order valence-corrected chi connectivity index (χ0v) is 21.2. The number of rotatable bonds is 6. The Balaban J connectivity index is 1.46. The number of allylic oxidation sites excluding steroid dienone is 1. The number of nitrogens with one attached hydrogen (secondary N) is 2. The standard InChI is InChI=1S/C27H26ClN3O4S/c28-18-10-8-17(9-11-18)14-29-26(35)27(30-21(32)15-31-12-4-1-5-13-31)16-36-25-22(27)23(33)19-6-2-3-7-20(19)24(25)34/h2-3,6-11H,1,4-5,12-16H2,(H,29,35)(H,30,32). The molecule has 3 aliphatic rings. The fourth-order valence-corrected chi connectivity index (χ4v) is 6.49. The van der Waals surface area contributed by atoms with E-state index in [-0.39, 0.29) is 46.6 Å². The van der Waals surface area contributed by atoms with Gasteiger partial charge >= 0.3 is 0 Å². The lowest BCUT2D eigenvalue weighted by molar-refractivity contribution is -0.132. The van der Waals surface area contributed by atoms with Gasteiger partial charge in [0.1, 0.15) is 0 Å². The van der Waals surface area contributed by atoms with Gasteiger partial charge < -0.3 is 10.6 Å². The molecule has 2 N–H and O–H groups in total. The van der Waals surface area contributed by atoms with Crippen molar-refractivity contribution in [1.82, 2.24) is 15.5 Å². The smallest absolute Gasteiger partial charge is 0.251 e. The second-order valence-corrected chi connectivity index (χ2v) is 10.7. The predicted octanol–water partition coefficient (Wildman–Crippen LogP) is 3.38. The molecule has 0 bridgehead atoms. The Morgan fingerprint density at radius 1 is 0.944 bits per heavy atom. The van der Waals surface area contributed by atoms with Gasteiger partial charge in [-0.2, -0.15) is 0 Å². The molecule has 0 aromatic heterocycles. The number of carbonyl (C=O) groups is 4. The quantitative estimate of drug-likeness (QED) is 0.602. The molecule has 9 heteroatoms. The van der Waals surface area contributed by atoms with E-state index in [1.165, 1.54) is 0 Å². The number of nitrogens with zero attached hydrogens (tertiary/aromatic N) is 1. The van der Waals surface area contributed by atoms with Crippen molar-refractivity contribution in [2.45, 2.75) is 31.3 Å². The predicted molar refractivity (Wildman–Crippen MR) is 139 cm³/mol. The van der Waals surface area contributed by atoms with Crippen molar-refractivity contribution in [3.63, 3.8) is 0 Å². The summed E-state index contributed by atoms with van der Waals surface area (Å²) in [6.07, 6.45) is 3.18. The van der Waals surface area contributed by atoms with E-state index in [1.807, 2.05) is 0 Å². The molecule has 186 valence electrons. The summed E-state index contributed by atoms with van der Waals surface area (Å²) in [4.78, 5) is 56.2.